The Labute approximate surface area is 90.0 Å². The number of hydrogen-bond donors (Lipinski definition) is 3. The van der Waals surface area contributed by atoms with Crippen molar-refractivity contribution >= 4 is 11.9 Å². The summed E-state index contributed by atoms with van der Waals surface area (Å²) in [6.45, 7) is 5.49. The summed E-state index contributed by atoms with van der Waals surface area (Å²) in [4.78, 5) is 21.9. The van der Waals surface area contributed by atoms with Gasteiger partial charge in [-0.3, -0.25) is 9.59 Å². The van der Waals surface area contributed by atoms with Crippen LogP contribution in [0.4, 0.5) is 0 Å². The second-order valence-electron chi connectivity index (χ2n) is 4.20. The van der Waals surface area contributed by atoms with Gasteiger partial charge in [-0.05, 0) is 12.8 Å². The summed E-state index contributed by atoms with van der Waals surface area (Å²) in [6.07, 6.45) is 0.172. The first-order valence-corrected chi connectivity index (χ1v) is 5.09. The van der Waals surface area contributed by atoms with Gasteiger partial charge in [0.15, 0.2) is 0 Å². The number of rotatable bonds is 6. The summed E-state index contributed by atoms with van der Waals surface area (Å²) in [5, 5.41) is 11.3. The van der Waals surface area contributed by atoms with Crippen molar-refractivity contribution < 1.29 is 14.7 Å². The van der Waals surface area contributed by atoms with E-state index in [0.29, 0.717) is 0 Å². The third kappa shape index (κ3) is 6.90. The third-order valence-electron chi connectivity index (χ3n) is 2.05. The predicted molar refractivity (Wildman–Crippen MR) is 57.3 cm³/mol. The van der Waals surface area contributed by atoms with Crippen molar-refractivity contribution in [2.45, 2.75) is 45.7 Å². The molecule has 5 heteroatoms. The minimum atomic E-state index is -0.908. The average molecular weight is 216 g/mol. The molecule has 0 rings (SSSR count). The van der Waals surface area contributed by atoms with Crippen molar-refractivity contribution in [1.29, 1.82) is 0 Å². The number of amides is 1. The fourth-order valence-corrected chi connectivity index (χ4v) is 1.20. The van der Waals surface area contributed by atoms with Gasteiger partial charge in [0.25, 0.3) is 0 Å². The van der Waals surface area contributed by atoms with E-state index in [-0.39, 0.29) is 36.8 Å². The number of hydrogen-bond acceptors (Lipinski definition) is 3. The van der Waals surface area contributed by atoms with Crippen molar-refractivity contribution in [3.8, 4) is 0 Å². The normalized spacial score (nSPS) is 14.7. The summed E-state index contributed by atoms with van der Waals surface area (Å²) in [5.74, 6) is -1.00. The van der Waals surface area contributed by atoms with E-state index < -0.39 is 5.97 Å². The second-order valence-corrected chi connectivity index (χ2v) is 4.20. The first-order chi connectivity index (χ1) is 6.82. The van der Waals surface area contributed by atoms with E-state index in [9.17, 15) is 9.59 Å². The number of carboxylic acid groups (broad SMARTS) is 1. The zero-order valence-corrected chi connectivity index (χ0v) is 9.49. The molecule has 0 aromatic rings. The van der Waals surface area contributed by atoms with Gasteiger partial charge in [-0.1, -0.05) is 13.8 Å². The highest BCUT2D eigenvalue weighted by Gasteiger charge is 2.19. The first-order valence-electron chi connectivity index (χ1n) is 5.09. The number of carboxylic acids is 1. The molecule has 0 bridgehead atoms. The molecule has 5 nitrogen and oxygen atoms in total. The molecule has 1 amide bonds. The van der Waals surface area contributed by atoms with Gasteiger partial charge < -0.3 is 16.2 Å². The smallest absolute Gasteiger partial charge is 0.305 e. The van der Waals surface area contributed by atoms with Crippen LogP contribution in [0, 0.1) is 5.92 Å². The molecule has 2 atom stereocenters. The van der Waals surface area contributed by atoms with Crippen LogP contribution in [0.5, 0.6) is 0 Å². The molecule has 2 unspecified atom stereocenters. The van der Waals surface area contributed by atoms with Crippen LogP contribution in [0.15, 0.2) is 0 Å². The highest BCUT2D eigenvalue weighted by molar-refractivity contribution is 5.77. The van der Waals surface area contributed by atoms with Gasteiger partial charge in [-0.2, -0.15) is 0 Å². The van der Waals surface area contributed by atoms with Crippen LogP contribution in [0.2, 0.25) is 0 Å². The van der Waals surface area contributed by atoms with Gasteiger partial charge in [-0.15, -0.1) is 0 Å². The summed E-state index contributed by atoms with van der Waals surface area (Å²) in [6, 6.07) is -0.531. The molecule has 88 valence electrons. The van der Waals surface area contributed by atoms with Gasteiger partial charge in [-0.25, -0.2) is 0 Å². The maximum atomic E-state index is 11.4. The lowest BCUT2D eigenvalue weighted by molar-refractivity contribution is -0.138. The summed E-state index contributed by atoms with van der Waals surface area (Å²) in [7, 11) is 0. The Morgan fingerprint density at radius 3 is 2.13 bits per heavy atom. The topological polar surface area (TPSA) is 92.4 Å². The fourth-order valence-electron chi connectivity index (χ4n) is 1.20. The van der Waals surface area contributed by atoms with Gasteiger partial charge in [0.2, 0.25) is 5.91 Å². The maximum Gasteiger partial charge on any atom is 0.305 e. The van der Waals surface area contributed by atoms with E-state index in [2.05, 4.69) is 5.32 Å². The van der Waals surface area contributed by atoms with Gasteiger partial charge in [0.05, 0.1) is 6.42 Å². The Balaban J connectivity index is 4.16. The highest BCUT2D eigenvalue weighted by Crippen LogP contribution is 2.06. The molecule has 0 spiro atoms. The monoisotopic (exact) mass is 216 g/mol. The Morgan fingerprint density at radius 2 is 1.80 bits per heavy atom. The molecule has 0 saturated carbocycles. The molecule has 0 fully saturated rings. The number of aliphatic carboxylic acids is 1. The molecule has 0 aliphatic carbocycles. The van der Waals surface area contributed by atoms with E-state index in [1.165, 1.54) is 0 Å². The molecule has 4 N–H and O–H groups in total. The van der Waals surface area contributed by atoms with Gasteiger partial charge in [0, 0.05) is 18.5 Å². The molecule has 15 heavy (non-hydrogen) atoms. The van der Waals surface area contributed by atoms with Crippen LogP contribution in [-0.4, -0.2) is 29.1 Å². The summed E-state index contributed by atoms with van der Waals surface area (Å²) >= 11 is 0. The largest absolute Gasteiger partial charge is 0.481 e. The lowest BCUT2D eigenvalue weighted by Gasteiger charge is -2.21. The predicted octanol–water partition coefficient (Wildman–Crippen LogP) is 0.339. The number of carbonyl (C=O) groups is 2. The van der Waals surface area contributed by atoms with Crippen LogP contribution < -0.4 is 11.1 Å². The maximum absolute atomic E-state index is 11.4. The lowest BCUT2D eigenvalue weighted by Crippen LogP contribution is -2.41. The zero-order valence-electron chi connectivity index (χ0n) is 9.49. The molecular formula is C10H20N2O3. The molecule has 0 radical (unpaired) electrons. The third-order valence-corrected chi connectivity index (χ3v) is 2.05. The van der Waals surface area contributed by atoms with E-state index in [4.69, 9.17) is 10.8 Å². The van der Waals surface area contributed by atoms with Gasteiger partial charge >= 0.3 is 5.97 Å². The number of nitrogens with one attached hydrogen (secondary N) is 1. The molecule has 0 aromatic carbocycles. The molecule has 0 heterocycles. The number of carbonyl (C=O) groups excluding carboxylic acids is 1. The van der Waals surface area contributed by atoms with E-state index >= 15 is 0 Å². The Hall–Kier alpha value is -1.10. The van der Waals surface area contributed by atoms with Crippen molar-refractivity contribution in [3.63, 3.8) is 0 Å². The second kappa shape index (κ2) is 6.40. The van der Waals surface area contributed by atoms with Crippen LogP contribution in [0.25, 0.3) is 0 Å². The summed E-state index contributed by atoms with van der Waals surface area (Å²) in [5.41, 5.74) is 5.47. The molecule has 0 aliphatic heterocycles. The first kappa shape index (κ1) is 13.9. The molecule has 0 saturated heterocycles. The molecular weight excluding hydrogens is 196 g/mol. The van der Waals surface area contributed by atoms with E-state index in [1.54, 1.807) is 6.92 Å². The van der Waals surface area contributed by atoms with Gasteiger partial charge in [0.1, 0.15) is 0 Å². The Bertz CT molecular complexity index is 227. The fraction of sp³-hybridized carbons (Fsp3) is 0.800. The van der Waals surface area contributed by atoms with Crippen molar-refractivity contribution in [2.75, 3.05) is 0 Å². The number of nitrogens with two attached hydrogens (primary N) is 1. The van der Waals surface area contributed by atoms with Crippen molar-refractivity contribution in [3.05, 3.63) is 0 Å². The average Bonchev–Trinajstić information content (AvgIpc) is 1.99. The van der Waals surface area contributed by atoms with E-state index in [1.807, 2.05) is 13.8 Å². The van der Waals surface area contributed by atoms with Crippen molar-refractivity contribution in [2.24, 2.45) is 11.7 Å². The molecule has 0 aromatic heterocycles. The highest BCUT2D eigenvalue weighted by atomic mass is 16.4. The zero-order chi connectivity index (χ0) is 12.0. The van der Waals surface area contributed by atoms with Crippen LogP contribution in [-0.2, 0) is 9.59 Å². The minimum Gasteiger partial charge on any atom is -0.481 e. The summed E-state index contributed by atoms with van der Waals surface area (Å²) < 4.78 is 0. The molecule has 0 aliphatic rings. The lowest BCUT2D eigenvalue weighted by atomic mass is 10.0. The quantitative estimate of drug-likeness (QED) is 0.597. The van der Waals surface area contributed by atoms with Crippen molar-refractivity contribution in [1.82, 2.24) is 5.32 Å². The Kier molecular flexibility index (Phi) is 5.93. The van der Waals surface area contributed by atoms with Crippen LogP contribution in [0.3, 0.4) is 0 Å². The standard InChI is InChI=1S/C10H20N2O3/c1-6(2)8(5-10(14)15)12-9(13)4-7(3)11/h6-8H,4-5,11H2,1-3H3,(H,12,13)(H,14,15). The minimum absolute atomic E-state index is 0.0532. The Morgan fingerprint density at radius 1 is 1.27 bits per heavy atom. The SMILES string of the molecule is CC(N)CC(=O)NC(CC(=O)O)C(C)C. The van der Waals surface area contributed by atoms with Crippen LogP contribution >= 0.6 is 0 Å². The van der Waals surface area contributed by atoms with Crippen LogP contribution in [0.1, 0.15) is 33.6 Å². The van der Waals surface area contributed by atoms with E-state index in [0.717, 1.165) is 0 Å².